The Labute approximate surface area is 178 Å². The number of fused-ring (bicyclic) bond motifs is 1. The second-order valence-electron chi connectivity index (χ2n) is 6.44. The van der Waals surface area contributed by atoms with E-state index < -0.39 is 0 Å². The van der Waals surface area contributed by atoms with E-state index in [0.29, 0.717) is 28.5 Å². The van der Waals surface area contributed by atoms with Crippen LogP contribution in [0.1, 0.15) is 21.3 Å². The summed E-state index contributed by atoms with van der Waals surface area (Å²) in [7, 11) is 4.53. The Balaban J connectivity index is 1.63. The molecule has 0 aliphatic carbocycles. The number of thioether (sulfide) groups is 1. The number of hydrogen-bond donors (Lipinski definition) is 2. The van der Waals surface area contributed by atoms with E-state index in [1.54, 1.807) is 36.3 Å². The summed E-state index contributed by atoms with van der Waals surface area (Å²) in [5.41, 5.74) is 3.01. The molecular formula is C22H21N3O4S. The van der Waals surface area contributed by atoms with Gasteiger partial charge in [-0.2, -0.15) is 0 Å². The highest BCUT2D eigenvalue weighted by molar-refractivity contribution is 8.00. The van der Waals surface area contributed by atoms with Crippen molar-refractivity contribution in [3.8, 4) is 17.2 Å². The molecule has 8 heteroatoms. The van der Waals surface area contributed by atoms with Crippen molar-refractivity contribution in [2.45, 2.75) is 10.3 Å². The maximum Gasteiger partial charge on any atom is 0.259 e. The van der Waals surface area contributed by atoms with Crippen LogP contribution in [0, 0.1) is 0 Å². The maximum absolute atomic E-state index is 13.1. The van der Waals surface area contributed by atoms with Gasteiger partial charge in [0.05, 0.1) is 38.8 Å². The number of para-hydroxylation sites is 1. The third kappa shape index (κ3) is 3.61. The number of anilines is 2. The lowest BCUT2D eigenvalue weighted by Crippen LogP contribution is -2.16. The number of nitrogens with zero attached hydrogens (tertiary/aromatic N) is 1. The number of nitrogens with one attached hydrogen (secondary N) is 2. The summed E-state index contributed by atoms with van der Waals surface area (Å²) < 4.78 is 16.1. The van der Waals surface area contributed by atoms with Crippen molar-refractivity contribution in [2.24, 2.45) is 0 Å². The minimum atomic E-state index is -0.303. The number of pyridine rings is 1. The summed E-state index contributed by atoms with van der Waals surface area (Å²) in [6.07, 6.45) is 3.57. The number of rotatable bonds is 6. The first-order valence-electron chi connectivity index (χ1n) is 9.22. The molecule has 1 unspecified atom stereocenters. The average Bonchev–Trinajstić information content (AvgIpc) is 3.22. The van der Waals surface area contributed by atoms with Crippen molar-refractivity contribution in [3.05, 3.63) is 66.0 Å². The number of carbonyl (C=O) groups is 1. The summed E-state index contributed by atoms with van der Waals surface area (Å²) in [4.78, 5) is 18.4. The second-order valence-corrected chi connectivity index (χ2v) is 7.58. The van der Waals surface area contributed by atoms with Crippen LogP contribution < -0.4 is 24.8 Å². The summed E-state index contributed by atoms with van der Waals surface area (Å²) in [5.74, 6) is 0.877. The summed E-state index contributed by atoms with van der Waals surface area (Å²) in [6.45, 7) is 0. The Morgan fingerprint density at radius 2 is 1.83 bits per heavy atom. The van der Waals surface area contributed by atoms with Crippen LogP contribution in [-0.4, -0.2) is 32.2 Å². The minimum absolute atomic E-state index is 0.0343. The molecule has 0 spiro atoms. The quantitative estimate of drug-likeness (QED) is 0.601. The van der Waals surface area contributed by atoms with Gasteiger partial charge in [0, 0.05) is 22.3 Å². The van der Waals surface area contributed by atoms with Gasteiger partial charge in [-0.3, -0.25) is 9.78 Å². The topological polar surface area (TPSA) is 81.7 Å². The number of hydrogen-bond acceptors (Lipinski definition) is 7. The maximum atomic E-state index is 13.1. The summed E-state index contributed by atoms with van der Waals surface area (Å²) >= 11 is 1.68. The van der Waals surface area contributed by atoms with Crippen molar-refractivity contribution in [1.82, 2.24) is 4.98 Å². The minimum Gasteiger partial charge on any atom is -0.493 e. The fourth-order valence-electron chi connectivity index (χ4n) is 3.34. The third-order valence-corrected chi connectivity index (χ3v) is 5.97. The lowest BCUT2D eigenvalue weighted by atomic mass is 10.1. The van der Waals surface area contributed by atoms with Crippen molar-refractivity contribution in [2.75, 3.05) is 32.0 Å². The van der Waals surface area contributed by atoms with Crippen LogP contribution in [0.2, 0.25) is 0 Å². The van der Waals surface area contributed by atoms with Gasteiger partial charge in [0.1, 0.15) is 5.37 Å². The molecule has 154 valence electrons. The molecule has 2 N–H and O–H groups in total. The molecule has 4 rings (SSSR count). The summed E-state index contributed by atoms with van der Waals surface area (Å²) in [5, 5.41) is 6.42. The van der Waals surface area contributed by atoms with Crippen LogP contribution in [0.3, 0.4) is 0 Å². The van der Waals surface area contributed by atoms with E-state index in [0.717, 1.165) is 16.1 Å². The Hall–Kier alpha value is -3.39. The molecule has 0 fully saturated rings. The lowest BCUT2D eigenvalue weighted by molar-refractivity contribution is 0.102. The molecule has 1 atom stereocenters. The fourth-order valence-corrected chi connectivity index (χ4v) is 4.49. The largest absolute Gasteiger partial charge is 0.493 e. The molecule has 1 amide bonds. The highest BCUT2D eigenvalue weighted by Gasteiger charge is 2.26. The Morgan fingerprint density at radius 3 is 2.57 bits per heavy atom. The smallest absolute Gasteiger partial charge is 0.259 e. The normalized spacial score (nSPS) is 14.4. The van der Waals surface area contributed by atoms with E-state index in [2.05, 4.69) is 15.6 Å². The van der Waals surface area contributed by atoms with Gasteiger partial charge in [0.15, 0.2) is 11.5 Å². The second kappa shape index (κ2) is 8.54. The molecule has 7 nitrogen and oxygen atoms in total. The number of aromatic nitrogens is 1. The van der Waals surface area contributed by atoms with E-state index in [9.17, 15) is 4.79 Å². The van der Waals surface area contributed by atoms with Gasteiger partial charge < -0.3 is 24.8 Å². The molecule has 30 heavy (non-hydrogen) atoms. The molecular weight excluding hydrogens is 402 g/mol. The van der Waals surface area contributed by atoms with Crippen molar-refractivity contribution < 1.29 is 19.0 Å². The van der Waals surface area contributed by atoms with Gasteiger partial charge >= 0.3 is 0 Å². The lowest BCUT2D eigenvalue weighted by Gasteiger charge is -2.18. The van der Waals surface area contributed by atoms with Crippen LogP contribution in [0.25, 0.3) is 0 Å². The Morgan fingerprint density at radius 1 is 1.03 bits per heavy atom. The van der Waals surface area contributed by atoms with Crippen LogP contribution in [0.4, 0.5) is 11.4 Å². The molecule has 1 aliphatic rings. The fraction of sp³-hybridized carbons (Fsp3) is 0.182. The Kier molecular flexibility index (Phi) is 5.67. The highest BCUT2D eigenvalue weighted by Crippen LogP contribution is 2.47. The SMILES string of the molecule is COc1ccc(C(=O)Nc2ccccc2C2Nc3cnccc3S2)c(OC)c1OC. The third-order valence-electron chi connectivity index (χ3n) is 4.75. The van der Waals surface area contributed by atoms with E-state index in [1.165, 1.54) is 21.3 Å². The van der Waals surface area contributed by atoms with Crippen molar-refractivity contribution >= 4 is 29.0 Å². The standard InChI is InChI=1S/C22H21N3O4S/c1-27-17-9-8-14(19(28-2)20(17)29-3)21(26)24-15-7-5-4-6-13(15)22-25-16-12-23-11-10-18(16)30-22/h4-12,22,25H,1-3H3,(H,24,26). The van der Waals surface area contributed by atoms with Gasteiger partial charge in [-0.15, -0.1) is 0 Å². The van der Waals surface area contributed by atoms with Gasteiger partial charge in [0.25, 0.3) is 5.91 Å². The number of methoxy groups -OCH3 is 3. The van der Waals surface area contributed by atoms with Crippen LogP contribution in [0.5, 0.6) is 17.2 Å². The molecule has 1 aliphatic heterocycles. The molecule has 0 radical (unpaired) electrons. The number of carbonyl (C=O) groups excluding carboxylic acids is 1. The molecule has 1 aromatic heterocycles. The van der Waals surface area contributed by atoms with Crippen LogP contribution in [-0.2, 0) is 0 Å². The first kappa shape index (κ1) is 19.9. The molecule has 2 aromatic carbocycles. The molecule has 0 saturated carbocycles. The monoisotopic (exact) mass is 423 g/mol. The van der Waals surface area contributed by atoms with E-state index in [4.69, 9.17) is 14.2 Å². The van der Waals surface area contributed by atoms with Gasteiger partial charge in [-0.25, -0.2) is 0 Å². The first-order chi connectivity index (χ1) is 14.7. The molecule has 3 aromatic rings. The zero-order valence-corrected chi connectivity index (χ0v) is 17.6. The summed E-state index contributed by atoms with van der Waals surface area (Å²) in [6, 6.07) is 13.0. The van der Waals surface area contributed by atoms with Gasteiger partial charge in [0.2, 0.25) is 5.75 Å². The number of amides is 1. The highest BCUT2D eigenvalue weighted by atomic mass is 32.2. The Bertz CT molecular complexity index is 1060. The zero-order chi connectivity index (χ0) is 21.1. The molecule has 0 bridgehead atoms. The molecule has 0 saturated heterocycles. The first-order valence-corrected chi connectivity index (χ1v) is 10.1. The van der Waals surface area contributed by atoms with Crippen LogP contribution >= 0.6 is 11.8 Å². The zero-order valence-electron chi connectivity index (χ0n) is 16.8. The average molecular weight is 423 g/mol. The van der Waals surface area contributed by atoms with Crippen molar-refractivity contribution in [1.29, 1.82) is 0 Å². The molecule has 2 heterocycles. The number of ether oxygens (including phenoxy) is 3. The van der Waals surface area contributed by atoms with Crippen LogP contribution in [0.15, 0.2) is 59.8 Å². The van der Waals surface area contributed by atoms with E-state index in [-0.39, 0.29) is 11.3 Å². The van der Waals surface area contributed by atoms with Gasteiger partial charge in [-0.05, 0) is 24.3 Å². The predicted molar refractivity (Wildman–Crippen MR) is 117 cm³/mol. The number of benzene rings is 2. The predicted octanol–water partition coefficient (Wildman–Crippen LogP) is 4.58. The van der Waals surface area contributed by atoms with E-state index >= 15 is 0 Å². The van der Waals surface area contributed by atoms with Crippen molar-refractivity contribution in [3.63, 3.8) is 0 Å². The van der Waals surface area contributed by atoms with Gasteiger partial charge in [-0.1, -0.05) is 30.0 Å². The van der Waals surface area contributed by atoms with E-state index in [1.807, 2.05) is 30.3 Å².